The van der Waals surface area contributed by atoms with Crippen LogP contribution in [0.5, 0.6) is 0 Å². The molecule has 4 nitrogen and oxygen atoms in total. The molecule has 0 bridgehead atoms. The molecule has 2 rings (SSSR count). The lowest BCUT2D eigenvalue weighted by molar-refractivity contribution is 0.464. The molecule has 0 atom stereocenters. The molecule has 100 valence electrons. The van der Waals surface area contributed by atoms with E-state index in [0.29, 0.717) is 24.8 Å². The highest BCUT2D eigenvalue weighted by molar-refractivity contribution is 7.89. The van der Waals surface area contributed by atoms with Gasteiger partial charge in [0.15, 0.2) is 0 Å². The van der Waals surface area contributed by atoms with E-state index < -0.39 is 10.0 Å². The largest absolute Gasteiger partial charge is 0.326 e. The van der Waals surface area contributed by atoms with Crippen molar-refractivity contribution in [1.82, 2.24) is 4.31 Å². The summed E-state index contributed by atoms with van der Waals surface area (Å²) < 4.78 is 25.5. The molecular formula is C13H20N2O2S. The van der Waals surface area contributed by atoms with Gasteiger partial charge in [-0.1, -0.05) is 24.3 Å². The molecule has 1 aromatic carbocycles. The molecule has 0 aliphatic heterocycles. The van der Waals surface area contributed by atoms with Gasteiger partial charge in [0.05, 0.1) is 5.75 Å². The summed E-state index contributed by atoms with van der Waals surface area (Å²) in [6.07, 6.45) is 2.11. The first kappa shape index (κ1) is 13.5. The van der Waals surface area contributed by atoms with Crippen LogP contribution in [0, 0.1) is 5.92 Å². The molecule has 0 radical (unpaired) electrons. The van der Waals surface area contributed by atoms with E-state index in [0.717, 1.165) is 24.0 Å². The lowest BCUT2D eigenvalue weighted by atomic mass is 10.1. The Bertz CT molecular complexity index is 492. The smallest absolute Gasteiger partial charge is 0.214 e. The summed E-state index contributed by atoms with van der Waals surface area (Å²) in [4.78, 5) is 0. The third kappa shape index (κ3) is 3.54. The first-order valence-electron chi connectivity index (χ1n) is 6.23. The molecule has 1 fully saturated rings. The minimum absolute atomic E-state index is 0.296. The molecule has 0 aromatic heterocycles. The van der Waals surface area contributed by atoms with E-state index in [1.807, 2.05) is 24.3 Å². The quantitative estimate of drug-likeness (QED) is 0.846. The summed E-state index contributed by atoms with van der Waals surface area (Å²) >= 11 is 0. The number of nitrogens with zero attached hydrogens (tertiary/aromatic N) is 1. The third-order valence-corrected chi connectivity index (χ3v) is 5.25. The summed E-state index contributed by atoms with van der Waals surface area (Å²) in [7, 11) is -1.45. The Hall–Kier alpha value is -0.910. The Balaban J connectivity index is 1.98. The van der Waals surface area contributed by atoms with E-state index in [9.17, 15) is 8.42 Å². The van der Waals surface area contributed by atoms with Crippen molar-refractivity contribution in [3.05, 3.63) is 35.4 Å². The fraction of sp³-hybridized carbons (Fsp3) is 0.538. The molecule has 1 aromatic rings. The zero-order valence-corrected chi connectivity index (χ0v) is 11.5. The van der Waals surface area contributed by atoms with Crippen LogP contribution in [0.25, 0.3) is 0 Å². The van der Waals surface area contributed by atoms with E-state index in [2.05, 4.69) is 0 Å². The predicted molar refractivity (Wildman–Crippen MR) is 72.3 cm³/mol. The Morgan fingerprint density at radius 2 is 1.78 bits per heavy atom. The van der Waals surface area contributed by atoms with Gasteiger partial charge in [0.25, 0.3) is 0 Å². The summed E-state index contributed by atoms with van der Waals surface area (Å²) in [6.45, 7) is 0.940. The monoisotopic (exact) mass is 268 g/mol. The lowest BCUT2D eigenvalue weighted by Gasteiger charge is -2.17. The van der Waals surface area contributed by atoms with Crippen LogP contribution in [0.15, 0.2) is 24.3 Å². The molecule has 0 spiro atoms. The molecule has 0 saturated heterocycles. The maximum Gasteiger partial charge on any atom is 0.214 e. The number of rotatable bonds is 6. The van der Waals surface area contributed by atoms with Gasteiger partial charge in [-0.2, -0.15) is 0 Å². The highest BCUT2D eigenvalue weighted by Gasteiger charge is 2.30. The maximum atomic E-state index is 12.0. The van der Waals surface area contributed by atoms with Gasteiger partial charge < -0.3 is 5.73 Å². The van der Waals surface area contributed by atoms with E-state index >= 15 is 0 Å². The van der Waals surface area contributed by atoms with Crippen molar-refractivity contribution in [3.63, 3.8) is 0 Å². The second-order valence-corrected chi connectivity index (χ2v) is 7.12. The van der Waals surface area contributed by atoms with E-state index in [1.54, 1.807) is 7.05 Å². The Kier molecular flexibility index (Phi) is 4.04. The summed E-state index contributed by atoms with van der Waals surface area (Å²) in [6, 6.07) is 7.75. The molecule has 0 heterocycles. The predicted octanol–water partition coefficient (Wildman–Crippen LogP) is 1.32. The summed E-state index contributed by atoms with van der Waals surface area (Å²) in [5.41, 5.74) is 7.58. The van der Waals surface area contributed by atoms with Crippen molar-refractivity contribution in [3.8, 4) is 0 Å². The van der Waals surface area contributed by atoms with Gasteiger partial charge in [-0.3, -0.25) is 0 Å². The van der Waals surface area contributed by atoms with Crippen molar-refractivity contribution in [2.45, 2.75) is 25.9 Å². The van der Waals surface area contributed by atoms with E-state index in [-0.39, 0.29) is 0 Å². The van der Waals surface area contributed by atoms with Gasteiger partial charge >= 0.3 is 0 Å². The van der Waals surface area contributed by atoms with Crippen LogP contribution >= 0.6 is 0 Å². The minimum Gasteiger partial charge on any atom is -0.326 e. The molecule has 5 heteroatoms. The lowest BCUT2D eigenvalue weighted by Crippen LogP contribution is -2.29. The number of hydrogen-bond acceptors (Lipinski definition) is 3. The molecule has 1 aliphatic rings. The Morgan fingerprint density at radius 1 is 1.22 bits per heavy atom. The second-order valence-electron chi connectivity index (χ2n) is 5.00. The van der Waals surface area contributed by atoms with Crippen LogP contribution in [0.3, 0.4) is 0 Å². The highest BCUT2D eigenvalue weighted by Crippen LogP contribution is 2.31. The Morgan fingerprint density at radius 3 is 2.28 bits per heavy atom. The summed E-state index contributed by atoms with van der Waals surface area (Å²) in [5.74, 6) is 0.682. The zero-order valence-electron chi connectivity index (χ0n) is 10.7. The second kappa shape index (κ2) is 5.38. The number of sulfonamides is 1. The van der Waals surface area contributed by atoms with Crippen LogP contribution in [0.2, 0.25) is 0 Å². The van der Waals surface area contributed by atoms with Crippen LogP contribution in [-0.4, -0.2) is 25.5 Å². The maximum absolute atomic E-state index is 12.0. The SMILES string of the molecule is CN(Cc1ccc(CN)cc1)S(=O)(=O)CC1CC1. The van der Waals surface area contributed by atoms with Crippen LogP contribution < -0.4 is 5.73 Å². The van der Waals surface area contributed by atoms with Crippen molar-refractivity contribution in [2.24, 2.45) is 11.7 Å². The van der Waals surface area contributed by atoms with Crippen molar-refractivity contribution in [1.29, 1.82) is 0 Å². The number of nitrogens with two attached hydrogens (primary N) is 1. The topological polar surface area (TPSA) is 63.4 Å². The van der Waals surface area contributed by atoms with Crippen LogP contribution in [0.1, 0.15) is 24.0 Å². The zero-order chi connectivity index (χ0) is 13.2. The average Bonchev–Trinajstić information content (AvgIpc) is 3.13. The van der Waals surface area contributed by atoms with E-state index in [4.69, 9.17) is 5.73 Å². The molecule has 1 saturated carbocycles. The molecule has 2 N–H and O–H groups in total. The molecule has 0 amide bonds. The fourth-order valence-corrected chi connectivity index (χ4v) is 3.38. The molecule has 0 unspecified atom stereocenters. The standard InChI is InChI=1S/C13H20N2O2S/c1-15(18(16,17)10-13-6-7-13)9-12-4-2-11(8-14)3-5-12/h2-5,13H,6-10,14H2,1H3. The molecule has 1 aliphatic carbocycles. The average molecular weight is 268 g/mol. The molecular weight excluding hydrogens is 248 g/mol. The van der Waals surface area contributed by atoms with Gasteiger partial charge in [0.1, 0.15) is 0 Å². The normalized spacial score (nSPS) is 16.2. The first-order valence-corrected chi connectivity index (χ1v) is 7.84. The van der Waals surface area contributed by atoms with Gasteiger partial charge in [0, 0.05) is 20.1 Å². The first-order chi connectivity index (χ1) is 8.51. The van der Waals surface area contributed by atoms with Crippen molar-refractivity contribution >= 4 is 10.0 Å². The molecule has 18 heavy (non-hydrogen) atoms. The van der Waals surface area contributed by atoms with Crippen LogP contribution in [-0.2, 0) is 23.1 Å². The van der Waals surface area contributed by atoms with Gasteiger partial charge in [-0.25, -0.2) is 12.7 Å². The van der Waals surface area contributed by atoms with Gasteiger partial charge in [0.2, 0.25) is 10.0 Å². The Labute approximate surface area is 109 Å². The number of benzene rings is 1. The van der Waals surface area contributed by atoms with Crippen molar-refractivity contribution in [2.75, 3.05) is 12.8 Å². The van der Waals surface area contributed by atoms with Crippen molar-refractivity contribution < 1.29 is 8.42 Å². The van der Waals surface area contributed by atoms with Gasteiger partial charge in [-0.15, -0.1) is 0 Å². The van der Waals surface area contributed by atoms with Gasteiger partial charge in [-0.05, 0) is 29.9 Å². The minimum atomic E-state index is -3.10. The fourth-order valence-electron chi connectivity index (χ4n) is 1.85. The van der Waals surface area contributed by atoms with Crippen LogP contribution in [0.4, 0.5) is 0 Å². The number of hydrogen-bond donors (Lipinski definition) is 1. The third-order valence-electron chi connectivity index (χ3n) is 3.28. The van der Waals surface area contributed by atoms with E-state index in [1.165, 1.54) is 4.31 Å². The summed E-state index contributed by atoms with van der Waals surface area (Å²) in [5, 5.41) is 0. The highest BCUT2D eigenvalue weighted by atomic mass is 32.2.